The van der Waals surface area contributed by atoms with Gasteiger partial charge in [-0.3, -0.25) is 0 Å². The van der Waals surface area contributed by atoms with Crippen molar-refractivity contribution in [1.82, 2.24) is 24.7 Å². The van der Waals surface area contributed by atoms with Crippen LogP contribution in [0.15, 0.2) is 42.6 Å². The van der Waals surface area contributed by atoms with Crippen LogP contribution in [0, 0.1) is 6.92 Å². The van der Waals surface area contributed by atoms with Crippen LogP contribution >= 0.6 is 0 Å². The van der Waals surface area contributed by atoms with E-state index in [-0.39, 0.29) is 6.61 Å². The Hall–Kier alpha value is -3.27. The highest BCUT2D eigenvalue weighted by Crippen LogP contribution is 2.29. The van der Waals surface area contributed by atoms with Crippen LogP contribution in [0.2, 0.25) is 0 Å². The van der Waals surface area contributed by atoms with Crippen LogP contribution < -0.4 is 4.90 Å². The first kappa shape index (κ1) is 20.6. The van der Waals surface area contributed by atoms with Gasteiger partial charge >= 0.3 is 0 Å². The lowest BCUT2D eigenvalue weighted by atomic mass is 10.1. The van der Waals surface area contributed by atoms with Gasteiger partial charge in [0.05, 0.1) is 25.5 Å². The van der Waals surface area contributed by atoms with Crippen molar-refractivity contribution in [3.8, 4) is 17.1 Å². The van der Waals surface area contributed by atoms with Crippen molar-refractivity contribution in [2.45, 2.75) is 13.0 Å². The number of aliphatic hydroxyl groups excluding tert-OH is 1. The first-order valence-electron chi connectivity index (χ1n) is 10.7. The van der Waals surface area contributed by atoms with Crippen LogP contribution in [-0.2, 0) is 9.47 Å². The Labute approximate surface area is 185 Å². The highest BCUT2D eigenvalue weighted by molar-refractivity contribution is 5.94. The Morgan fingerprint density at radius 1 is 1.16 bits per heavy atom. The van der Waals surface area contributed by atoms with Crippen molar-refractivity contribution in [2.24, 2.45) is 0 Å². The van der Waals surface area contributed by atoms with E-state index in [1.54, 1.807) is 7.11 Å². The van der Waals surface area contributed by atoms with Crippen molar-refractivity contribution in [1.29, 1.82) is 0 Å². The summed E-state index contributed by atoms with van der Waals surface area (Å²) in [4.78, 5) is 14.8. The van der Waals surface area contributed by atoms with Crippen LogP contribution in [0.1, 0.15) is 17.6 Å². The number of hydrogen-bond donors (Lipinski definition) is 2. The summed E-state index contributed by atoms with van der Waals surface area (Å²) in [5.41, 5.74) is 3.91. The average Bonchev–Trinajstić information content (AvgIpc) is 3.44. The summed E-state index contributed by atoms with van der Waals surface area (Å²) in [6.07, 6.45) is 1.37. The molecule has 32 heavy (non-hydrogen) atoms. The summed E-state index contributed by atoms with van der Waals surface area (Å²) in [5, 5.41) is 15.8. The Morgan fingerprint density at radius 2 is 1.94 bits per heavy atom. The number of nitrogens with one attached hydrogen (secondary N) is 1. The number of methoxy groups -OCH3 is 1. The molecule has 3 aromatic heterocycles. The number of H-pyrrole nitrogens is 1. The van der Waals surface area contributed by atoms with Gasteiger partial charge in [0.2, 0.25) is 0 Å². The summed E-state index contributed by atoms with van der Waals surface area (Å²) < 4.78 is 12.7. The lowest BCUT2D eigenvalue weighted by Crippen LogP contribution is -2.37. The Kier molecular flexibility index (Phi) is 5.60. The van der Waals surface area contributed by atoms with Gasteiger partial charge < -0.3 is 24.5 Å². The van der Waals surface area contributed by atoms with E-state index >= 15 is 0 Å². The smallest absolute Gasteiger partial charge is 0.164 e. The standard InChI is InChI=1S/C23H26N6O3/c1-15-11-19(17-13-24-18-6-4-3-5-16(17)18)27-29(15)22-12-21(28-7-9-32-10-8-28)25-23(26-22)20(14-30)31-2/h3-6,11-13,20,24,30H,7-10,14H2,1-2H3/t20-/m1/s1. The van der Waals surface area contributed by atoms with Crippen molar-refractivity contribution in [3.63, 3.8) is 0 Å². The number of aryl methyl sites for hydroxylation is 1. The van der Waals surface area contributed by atoms with Crippen molar-refractivity contribution < 1.29 is 14.6 Å². The van der Waals surface area contributed by atoms with Gasteiger partial charge in [-0.1, -0.05) is 18.2 Å². The molecular formula is C23H26N6O3. The van der Waals surface area contributed by atoms with Crippen LogP contribution in [-0.4, -0.2) is 69.9 Å². The van der Waals surface area contributed by atoms with E-state index in [9.17, 15) is 5.11 Å². The van der Waals surface area contributed by atoms with E-state index in [0.29, 0.717) is 24.9 Å². The van der Waals surface area contributed by atoms with Gasteiger partial charge in [-0.25, -0.2) is 14.6 Å². The molecule has 0 aliphatic carbocycles. The third-order valence-corrected chi connectivity index (χ3v) is 5.76. The summed E-state index contributed by atoms with van der Waals surface area (Å²) in [6.45, 7) is 4.57. The van der Waals surface area contributed by atoms with Gasteiger partial charge in [0, 0.05) is 54.6 Å². The summed E-state index contributed by atoms with van der Waals surface area (Å²) in [5.74, 6) is 1.83. The van der Waals surface area contributed by atoms with Gasteiger partial charge in [0.15, 0.2) is 11.6 Å². The Bertz CT molecular complexity index is 1220. The van der Waals surface area contributed by atoms with E-state index < -0.39 is 6.10 Å². The van der Waals surface area contributed by atoms with E-state index in [0.717, 1.165) is 46.8 Å². The molecule has 1 aromatic carbocycles. The van der Waals surface area contributed by atoms with Crippen LogP contribution in [0.4, 0.5) is 5.82 Å². The third kappa shape index (κ3) is 3.75. The minimum atomic E-state index is -0.612. The summed E-state index contributed by atoms with van der Waals surface area (Å²) in [7, 11) is 1.54. The number of fused-ring (bicyclic) bond motifs is 1. The number of benzene rings is 1. The second-order valence-corrected chi connectivity index (χ2v) is 7.78. The fraction of sp³-hybridized carbons (Fsp3) is 0.348. The molecule has 0 bridgehead atoms. The first-order valence-corrected chi connectivity index (χ1v) is 10.7. The number of anilines is 1. The number of hydrogen-bond acceptors (Lipinski definition) is 7. The number of aliphatic hydroxyl groups is 1. The SMILES string of the molecule is CO[C@H](CO)c1nc(N2CCOCC2)cc(-n2nc(-c3c[nH]c4ccccc34)cc2C)n1. The predicted molar refractivity (Wildman–Crippen MR) is 121 cm³/mol. The molecule has 2 N–H and O–H groups in total. The molecule has 0 unspecified atom stereocenters. The largest absolute Gasteiger partial charge is 0.393 e. The third-order valence-electron chi connectivity index (χ3n) is 5.76. The fourth-order valence-electron chi connectivity index (χ4n) is 4.03. The second-order valence-electron chi connectivity index (χ2n) is 7.78. The van der Waals surface area contributed by atoms with E-state index in [1.165, 1.54) is 0 Å². The molecule has 1 aliphatic rings. The number of aromatic amines is 1. The quantitative estimate of drug-likeness (QED) is 0.481. The average molecular weight is 435 g/mol. The molecule has 0 saturated carbocycles. The first-order chi connectivity index (χ1) is 15.7. The molecule has 1 fully saturated rings. The highest BCUT2D eigenvalue weighted by atomic mass is 16.5. The van der Waals surface area contributed by atoms with Gasteiger partial charge in [0.25, 0.3) is 0 Å². The van der Waals surface area contributed by atoms with Gasteiger partial charge in [0.1, 0.15) is 11.9 Å². The van der Waals surface area contributed by atoms with Crippen LogP contribution in [0.5, 0.6) is 0 Å². The van der Waals surface area contributed by atoms with Crippen molar-refractivity contribution >= 4 is 16.7 Å². The zero-order valence-corrected chi connectivity index (χ0v) is 18.2. The Morgan fingerprint density at radius 3 is 2.72 bits per heavy atom. The molecule has 5 rings (SSSR count). The molecule has 0 spiro atoms. The molecule has 166 valence electrons. The lowest BCUT2D eigenvalue weighted by Gasteiger charge is -2.28. The fourth-order valence-corrected chi connectivity index (χ4v) is 4.03. The molecule has 9 heteroatoms. The molecule has 4 aromatic rings. The summed E-state index contributed by atoms with van der Waals surface area (Å²) in [6, 6.07) is 12.1. The molecule has 4 heterocycles. The van der Waals surface area contributed by atoms with Crippen molar-refractivity contribution in [3.05, 3.63) is 54.1 Å². The Balaban J connectivity index is 1.60. The number of morpholine rings is 1. The topological polar surface area (TPSA) is 101 Å². The maximum absolute atomic E-state index is 9.76. The zero-order valence-electron chi connectivity index (χ0n) is 18.2. The van der Waals surface area contributed by atoms with E-state index in [2.05, 4.69) is 20.9 Å². The normalized spacial score (nSPS) is 15.4. The van der Waals surface area contributed by atoms with Gasteiger partial charge in [-0.05, 0) is 19.1 Å². The molecule has 1 saturated heterocycles. The minimum absolute atomic E-state index is 0.207. The van der Waals surface area contributed by atoms with Crippen LogP contribution in [0.25, 0.3) is 28.0 Å². The summed E-state index contributed by atoms with van der Waals surface area (Å²) >= 11 is 0. The number of rotatable bonds is 6. The number of ether oxygens (including phenoxy) is 2. The van der Waals surface area contributed by atoms with Crippen LogP contribution in [0.3, 0.4) is 0 Å². The second kappa shape index (κ2) is 8.70. The van der Waals surface area contributed by atoms with Gasteiger partial charge in [-0.2, -0.15) is 5.10 Å². The molecular weight excluding hydrogens is 408 g/mol. The van der Waals surface area contributed by atoms with Gasteiger partial charge in [-0.15, -0.1) is 0 Å². The number of aromatic nitrogens is 5. The molecule has 0 radical (unpaired) electrons. The maximum Gasteiger partial charge on any atom is 0.164 e. The number of nitrogens with zero attached hydrogens (tertiary/aromatic N) is 5. The zero-order chi connectivity index (χ0) is 22.1. The monoisotopic (exact) mass is 434 g/mol. The molecule has 0 amide bonds. The minimum Gasteiger partial charge on any atom is -0.393 e. The molecule has 9 nitrogen and oxygen atoms in total. The number of para-hydroxylation sites is 1. The lowest BCUT2D eigenvalue weighted by molar-refractivity contribution is 0.0422. The predicted octanol–water partition coefficient (Wildman–Crippen LogP) is 2.64. The van der Waals surface area contributed by atoms with E-state index in [1.807, 2.05) is 48.1 Å². The maximum atomic E-state index is 9.76. The highest BCUT2D eigenvalue weighted by Gasteiger charge is 2.21. The molecule has 1 atom stereocenters. The van der Waals surface area contributed by atoms with E-state index in [4.69, 9.17) is 19.6 Å². The van der Waals surface area contributed by atoms with Crippen molar-refractivity contribution in [2.75, 3.05) is 44.9 Å². The molecule has 1 aliphatic heterocycles.